The average molecular weight is 215 g/mol. The molecule has 2 atom stereocenters. The molecule has 2 amide bonds. The van der Waals surface area contributed by atoms with Gasteiger partial charge in [-0.15, -0.1) is 0 Å². The zero-order chi connectivity index (χ0) is 11.4. The zero-order valence-corrected chi connectivity index (χ0v) is 8.77. The van der Waals surface area contributed by atoms with Crippen LogP contribution in [-0.2, 0) is 4.79 Å². The van der Waals surface area contributed by atoms with Gasteiger partial charge in [0.05, 0.1) is 6.42 Å². The van der Waals surface area contributed by atoms with Crippen LogP contribution in [0.15, 0.2) is 0 Å². The summed E-state index contributed by atoms with van der Waals surface area (Å²) >= 11 is 0. The second-order valence-corrected chi connectivity index (χ2v) is 3.94. The first-order valence-electron chi connectivity index (χ1n) is 5.02. The van der Waals surface area contributed by atoms with Crippen LogP contribution in [0.25, 0.3) is 0 Å². The monoisotopic (exact) mass is 215 g/mol. The fourth-order valence-corrected chi connectivity index (χ4v) is 1.59. The van der Waals surface area contributed by atoms with Gasteiger partial charge in [-0.1, -0.05) is 0 Å². The molecule has 0 aliphatic carbocycles. The molecule has 1 rings (SSSR count). The van der Waals surface area contributed by atoms with Crippen molar-refractivity contribution < 1.29 is 14.7 Å². The maximum absolute atomic E-state index is 11.5. The number of carboxylic acid groups (broad SMARTS) is 1. The summed E-state index contributed by atoms with van der Waals surface area (Å²) in [4.78, 5) is 23.5. The minimum Gasteiger partial charge on any atom is -0.481 e. The standard InChI is InChI=1S/C9H17N3O3/c1-6(4-8(13)14)11-9(15)12-3-2-7(10)5-12/h6-7H,2-5,10H2,1H3,(H,11,15)(H,13,14). The van der Waals surface area contributed by atoms with Crippen molar-refractivity contribution in [3.05, 3.63) is 0 Å². The molecule has 1 fully saturated rings. The molecular weight excluding hydrogens is 198 g/mol. The number of nitrogens with one attached hydrogen (secondary N) is 1. The molecule has 1 aliphatic heterocycles. The van der Waals surface area contributed by atoms with E-state index in [1.165, 1.54) is 0 Å². The Morgan fingerprint density at radius 3 is 2.80 bits per heavy atom. The summed E-state index contributed by atoms with van der Waals surface area (Å²) in [5.74, 6) is -0.916. The summed E-state index contributed by atoms with van der Waals surface area (Å²) in [6, 6.07) is -0.533. The Bertz CT molecular complexity index is 257. The quantitative estimate of drug-likeness (QED) is 0.596. The van der Waals surface area contributed by atoms with Gasteiger partial charge in [0, 0.05) is 25.2 Å². The van der Waals surface area contributed by atoms with E-state index in [9.17, 15) is 9.59 Å². The summed E-state index contributed by atoms with van der Waals surface area (Å²) < 4.78 is 0. The molecule has 0 aromatic carbocycles. The predicted molar refractivity (Wildman–Crippen MR) is 54.4 cm³/mol. The highest BCUT2D eigenvalue weighted by molar-refractivity contribution is 5.76. The SMILES string of the molecule is CC(CC(=O)O)NC(=O)N1CCC(N)C1. The van der Waals surface area contributed by atoms with Gasteiger partial charge in [-0.25, -0.2) is 4.79 Å². The summed E-state index contributed by atoms with van der Waals surface area (Å²) in [6.45, 7) is 2.86. The van der Waals surface area contributed by atoms with Gasteiger partial charge in [0.25, 0.3) is 0 Å². The van der Waals surface area contributed by atoms with Gasteiger partial charge in [0.1, 0.15) is 0 Å². The Morgan fingerprint density at radius 2 is 2.33 bits per heavy atom. The largest absolute Gasteiger partial charge is 0.481 e. The van der Waals surface area contributed by atoms with Gasteiger partial charge in [-0.3, -0.25) is 4.79 Å². The normalized spacial score (nSPS) is 22.5. The topological polar surface area (TPSA) is 95.7 Å². The second kappa shape index (κ2) is 4.97. The van der Waals surface area contributed by atoms with E-state index in [4.69, 9.17) is 10.8 Å². The van der Waals surface area contributed by atoms with Crippen LogP contribution < -0.4 is 11.1 Å². The van der Waals surface area contributed by atoms with Crippen LogP contribution in [0.4, 0.5) is 4.79 Å². The molecule has 1 aliphatic rings. The summed E-state index contributed by atoms with van der Waals surface area (Å²) in [5.41, 5.74) is 5.66. The van der Waals surface area contributed by atoms with Gasteiger partial charge in [0.15, 0.2) is 0 Å². The van der Waals surface area contributed by atoms with Crippen molar-refractivity contribution in [2.45, 2.75) is 31.8 Å². The Kier molecular flexibility index (Phi) is 3.90. The van der Waals surface area contributed by atoms with Crippen molar-refractivity contribution in [2.24, 2.45) is 5.73 Å². The third kappa shape index (κ3) is 3.75. The number of nitrogens with two attached hydrogens (primary N) is 1. The summed E-state index contributed by atoms with van der Waals surface area (Å²) in [6.07, 6.45) is 0.742. The van der Waals surface area contributed by atoms with Crippen LogP contribution in [0.5, 0.6) is 0 Å². The smallest absolute Gasteiger partial charge is 0.317 e. The molecule has 15 heavy (non-hydrogen) atoms. The molecule has 0 aromatic heterocycles. The van der Waals surface area contributed by atoms with E-state index in [0.29, 0.717) is 13.1 Å². The molecule has 0 radical (unpaired) electrons. The summed E-state index contributed by atoms with van der Waals surface area (Å²) in [5, 5.41) is 11.1. The molecule has 0 saturated carbocycles. The minimum atomic E-state index is -0.916. The Hall–Kier alpha value is -1.30. The van der Waals surface area contributed by atoms with E-state index >= 15 is 0 Å². The number of likely N-dealkylation sites (tertiary alicyclic amines) is 1. The lowest BCUT2D eigenvalue weighted by Crippen LogP contribution is -2.44. The van der Waals surface area contributed by atoms with E-state index in [2.05, 4.69) is 5.32 Å². The van der Waals surface area contributed by atoms with Crippen LogP contribution >= 0.6 is 0 Å². The molecule has 4 N–H and O–H groups in total. The van der Waals surface area contributed by atoms with E-state index in [0.717, 1.165) is 6.42 Å². The van der Waals surface area contributed by atoms with Gasteiger partial charge >= 0.3 is 12.0 Å². The average Bonchev–Trinajstić information content (AvgIpc) is 2.49. The number of hydrogen-bond donors (Lipinski definition) is 3. The fraction of sp³-hybridized carbons (Fsp3) is 0.778. The third-order valence-corrected chi connectivity index (χ3v) is 2.36. The van der Waals surface area contributed by atoms with Crippen molar-refractivity contribution in [2.75, 3.05) is 13.1 Å². The van der Waals surface area contributed by atoms with Crippen LogP contribution in [0.1, 0.15) is 19.8 Å². The minimum absolute atomic E-state index is 0.0468. The number of aliphatic carboxylic acids is 1. The van der Waals surface area contributed by atoms with Gasteiger partial charge in [0.2, 0.25) is 0 Å². The van der Waals surface area contributed by atoms with Crippen molar-refractivity contribution in [3.8, 4) is 0 Å². The van der Waals surface area contributed by atoms with Crippen LogP contribution in [0.3, 0.4) is 0 Å². The third-order valence-electron chi connectivity index (χ3n) is 2.36. The number of urea groups is 1. The molecule has 6 nitrogen and oxygen atoms in total. The van der Waals surface area contributed by atoms with Crippen LogP contribution in [-0.4, -0.2) is 47.2 Å². The van der Waals surface area contributed by atoms with Crippen molar-refractivity contribution in [1.29, 1.82) is 0 Å². The van der Waals surface area contributed by atoms with Crippen molar-refractivity contribution in [1.82, 2.24) is 10.2 Å². The lowest BCUT2D eigenvalue weighted by molar-refractivity contribution is -0.137. The van der Waals surface area contributed by atoms with E-state index < -0.39 is 5.97 Å². The van der Waals surface area contributed by atoms with E-state index in [1.54, 1.807) is 11.8 Å². The maximum Gasteiger partial charge on any atom is 0.317 e. The van der Waals surface area contributed by atoms with Gasteiger partial charge < -0.3 is 21.1 Å². The number of carboxylic acids is 1. The van der Waals surface area contributed by atoms with E-state index in [1.807, 2.05) is 0 Å². The molecule has 0 spiro atoms. The first-order valence-corrected chi connectivity index (χ1v) is 5.02. The molecule has 0 bridgehead atoms. The van der Waals surface area contributed by atoms with Gasteiger partial charge in [-0.05, 0) is 13.3 Å². The fourth-order valence-electron chi connectivity index (χ4n) is 1.59. The van der Waals surface area contributed by atoms with Crippen LogP contribution in [0.2, 0.25) is 0 Å². The molecule has 2 unspecified atom stereocenters. The molecule has 6 heteroatoms. The molecule has 0 aromatic rings. The van der Waals surface area contributed by atoms with E-state index in [-0.39, 0.29) is 24.5 Å². The molecule has 1 saturated heterocycles. The first-order chi connectivity index (χ1) is 6.99. The highest BCUT2D eigenvalue weighted by atomic mass is 16.4. The lowest BCUT2D eigenvalue weighted by atomic mass is 10.2. The van der Waals surface area contributed by atoms with Crippen LogP contribution in [0, 0.1) is 0 Å². The number of nitrogens with zero attached hydrogens (tertiary/aromatic N) is 1. The number of amides is 2. The maximum atomic E-state index is 11.5. The zero-order valence-electron chi connectivity index (χ0n) is 8.77. The number of carbonyl (C=O) groups excluding carboxylic acids is 1. The number of rotatable bonds is 3. The molecule has 86 valence electrons. The molecule has 1 heterocycles. The second-order valence-electron chi connectivity index (χ2n) is 3.94. The Labute approximate surface area is 88.4 Å². The van der Waals surface area contributed by atoms with Crippen molar-refractivity contribution in [3.63, 3.8) is 0 Å². The van der Waals surface area contributed by atoms with Crippen molar-refractivity contribution >= 4 is 12.0 Å². The Morgan fingerprint density at radius 1 is 1.67 bits per heavy atom. The molecular formula is C9H17N3O3. The lowest BCUT2D eigenvalue weighted by Gasteiger charge is -2.19. The summed E-state index contributed by atoms with van der Waals surface area (Å²) in [7, 11) is 0. The highest BCUT2D eigenvalue weighted by Gasteiger charge is 2.24. The predicted octanol–water partition coefficient (Wildman–Crippen LogP) is -0.408. The highest BCUT2D eigenvalue weighted by Crippen LogP contribution is 2.07. The van der Waals surface area contributed by atoms with Gasteiger partial charge in [-0.2, -0.15) is 0 Å². The number of carbonyl (C=O) groups is 2. The first kappa shape index (κ1) is 11.8. The number of hydrogen-bond acceptors (Lipinski definition) is 3. The Balaban J connectivity index is 2.32.